The first kappa shape index (κ1) is 32.6. The van der Waals surface area contributed by atoms with Crippen molar-refractivity contribution in [3.63, 3.8) is 0 Å². The summed E-state index contributed by atoms with van der Waals surface area (Å²) < 4.78 is 0. The van der Waals surface area contributed by atoms with Gasteiger partial charge in [0.1, 0.15) is 7.85 Å². The third-order valence-electron chi connectivity index (χ3n) is 13.2. The summed E-state index contributed by atoms with van der Waals surface area (Å²) in [5, 5.41) is 0. The number of hydrogen-bond donors (Lipinski definition) is 1. The van der Waals surface area contributed by atoms with E-state index in [9.17, 15) is 0 Å². The molecule has 1 nitrogen and oxygen atoms in total. The predicted molar refractivity (Wildman–Crippen MR) is 225 cm³/mol. The van der Waals surface area contributed by atoms with Gasteiger partial charge in [0.2, 0.25) is 0 Å². The average molecular weight is 672 g/mol. The summed E-state index contributed by atoms with van der Waals surface area (Å²) >= 11 is 0. The van der Waals surface area contributed by atoms with E-state index in [1.807, 2.05) is 0 Å². The second-order valence-corrected chi connectivity index (χ2v) is 16.4. The minimum atomic E-state index is -0.269. The summed E-state index contributed by atoms with van der Waals surface area (Å²) in [6, 6.07) is 43.0. The van der Waals surface area contributed by atoms with Gasteiger partial charge < -0.3 is 5.73 Å². The van der Waals surface area contributed by atoms with Crippen LogP contribution in [0.15, 0.2) is 121 Å². The Morgan fingerprint density at radius 2 is 1.08 bits per heavy atom. The maximum atomic E-state index is 7.26. The molecule has 0 unspecified atom stereocenters. The lowest BCUT2D eigenvalue weighted by molar-refractivity contribution is 0.639. The standard InChI is InChI=1S/C50H46BN/c1-28-32(44-30(3)49(4,5)42-24-12-10-18-36(42)44)20-14-21-33(28)45-35(41-27-40-34-17-9-8-16-31(34)26-39(40)29(2)47(41)51)22-15-23-38(45)46-48(52)37-19-11-13-25-43(37)50(46,6)7/h8-25,27H,26,51-52H2,1-7H3. The maximum absolute atomic E-state index is 7.26. The fraction of sp³-hybridized carbons (Fsp3) is 0.200. The topological polar surface area (TPSA) is 26.0 Å². The molecule has 0 saturated carbocycles. The number of allylic oxidation sites excluding steroid dienone is 2. The summed E-state index contributed by atoms with van der Waals surface area (Å²) in [7, 11) is 2.32. The van der Waals surface area contributed by atoms with Gasteiger partial charge in [0.25, 0.3) is 0 Å². The molecule has 0 amide bonds. The molecule has 6 aromatic carbocycles. The van der Waals surface area contributed by atoms with Crippen molar-refractivity contribution < 1.29 is 0 Å². The molecule has 0 spiro atoms. The second kappa shape index (κ2) is 11.3. The molecule has 0 atom stereocenters. The van der Waals surface area contributed by atoms with Crippen molar-refractivity contribution in [3.8, 4) is 33.4 Å². The molecule has 254 valence electrons. The zero-order valence-electron chi connectivity index (χ0n) is 31.8. The summed E-state index contributed by atoms with van der Waals surface area (Å²) in [6.07, 6.45) is 0.995. The van der Waals surface area contributed by atoms with Gasteiger partial charge in [-0.25, -0.2) is 0 Å². The number of benzene rings is 6. The smallest absolute Gasteiger partial charge is 0.140 e. The van der Waals surface area contributed by atoms with Gasteiger partial charge in [-0.15, -0.1) is 0 Å². The van der Waals surface area contributed by atoms with Crippen LogP contribution in [0.3, 0.4) is 0 Å². The Hall–Kier alpha value is -5.34. The molecular formula is C50H46BN. The molecule has 2 heteroatoms. The SMILES string of the molecule is Bc1c(-c2cccc(C3=C(N)c4ccccc4C3(C)C)c2-c2cccc(C3=C(C)C(C)(C)c4ccccc43)c2C)cc2c(c1C)Cc1ccccc1-2. The van der Waals surface area contributed by atoms with Gasteiger partial charge in [-0.3, -0.25) is 0 Å². The Morgan fingerprint density at radius 1 is 0.519 bits per heavy atom. The van der Waals surface area contributed by atoms with Crippen molar-refractivity contribution in [1.29, 1.82) is 0 Å². The van der Waals surface area contributed by atoms with E-state index in [4.69, 9.17) is 5.73 Å². The van der Waals surface area contributed by atoms with E-state index >= 15 is 0 Å². The third-order valence-corrected chi connectivity index (χ3v) is 13.2. The highest BCUT2D eigenvalue weighted by molar-refractivity contribution is 6.38. The van der Waals surface area contributed by atoms with Gasteiger partial charge in [-0.2, -0.15) is 0 Å². The molecule has 0 aliphatic heterocycles. The van der Waals surface area contributed by atoms with Crippen LogP contribution in [0.25, 0.3) is 50.2 Å². The lowest BCUT2D eigenvalue weighted by atomic mass is 9.73. The van der Waals surface area contributed by atoms with E-state index in [-0.39, 0.29) is 10.8 Å². The Labute approximate surface area is 310 Å². The lowest BCUT2D eigenvalue weighted by Gasteiger charge is -2.29. The van der Waals surface area contributed by atoms with Gasteiger partial charge >= 0.3 is 0 Å². The molecule has 2 N–H and O–H groups in total. The van der Waals surface area contributed by atoms with Crippen LogP contribution >= 0.6 is 0 Å². The van der Waals surface area contributed by atoms with Crippen molar-refractivity contribution in [2.45, 2.75) is 65.7 Å². The molecule has 0 fully saturated rings. The Bertz CT molecular complexity index is 2590. The quantitative estimate of drug-likeness (QED) is 0.185. The van der Waals surface area contributed by atoms with Crippen molar-refractivity contribution in [3.05, 3.63) is 176 Å². The van der Waals surface area contributed by atoms with Crippen LogP contribution in [-0.4, -0.2) is 7.85 Å². The second-order valence-electron chi connectivity index (χ2n) is 16.4. The first-order chi connectivity index (χ1) is 24.9. The van der Waals surface area contributed by atoms with E-state index in [1.54, 1.807) is 0 Å². The number of rotatable bonds is 4. The average Bonchev–Trinajstić information content (AvgIpc) is 3.69. The van der Waals surface area contributed by atoms with E-state index in [0.717, 1.165) is 17.7 Å². The van der Waals surface area contributed by atoms with E-state index in [0.29, 0.717) is 0 Å². The molecule has 3 aliphatic rings. The first-order valence-electron chi connectivity index (χ1n) is 18.8. The van der Waals surface area contributed by atoms with Crippen LogP contribution < -0.4 is 11.2 Å². The van der Waals surface area contributed by atoms with Crippen molar-refractivity contribution >= 4 is 30.2 Å². The summed E-state index contributed by atoms with van der Waals surface area (Å²) in [5.41, 5.74) is 34.3. The zero-order valence-corrected chi connectivity index (χ0v) is 31.8. The van der Waals surface area contributed by atoms with E-state index < -0.39 is 0 Å². The van der Waals surface area contributed by atoms with Gasteiger partial charge in [-0.05, 0) is 122 Å². The molecule has 52 heavy (non-hydrogen) atoms. The van der Waals surface area contributed by atoms with Crippen LogP contribution in [0, 0.1) is 13.8 Å². The molecule has 9 rings (SSSR count). The number of fused-ring (bicyclic) bond motifs is 5. The van der Waals surface area contributed by atoms with E-state index in [2.05, 4.69) is 172 Å². The number of nitrogens with two attached hydrogens (primary N) is 1. The molecule has 0 saturated heterocycles. The zero-order chi connectivity index (χ0) is 36.3. The third kappa shape index (κ3) is 4.37. The fourth-order valence-electron chi connectivity index (χ4n) is 9.96. The number of hydrogen-bond acceptors (Lipinski definition) is 1. The molecule has 0 radical (unpaired) electrons. The summed E-state index contributed by atoms with van der Waals surface area (Å²) in [4.78, 5) is 0. The molecular weight excluding hydrogens is 625 g/mol. The normalized spacial score (nSPS) is 16.2. The molecule has 0 bridgehead atoms. The minimum absolute atomic E-state index is 0.0360. The van der Waals surface area contributed by atoms with Gasteiger partial charge in [0, 0.05) is 22.1 Å². The van der Waals surface area contributed by atoms with Gasteiger partial charge in [0.05, 0.1) is 0 Å². The van der Waals surface area contributed by atoms with E-state index in [1.165, 1.54) is 106 Å². The van der Waals surface area contributed by atoms with Crippen LogP contribution in [0.4, 0.5) is 0 Å². The van der Waals surface area contributed by atoms with Crippen LogP contribution in [-0.2, 0) is 17.3 Å². The lowest BCUT2D eigenvalue weighted by Crippen LogP contribution is -2.18. The maximum Gasteiger partial charge on any atom is 0.140 e. The molecule has 0 heterocycles. The van der Waals surface area contributed by atoms with Crippen LogP contribution in [0.2, 0.25) is 0 Å². The van der Waals surface area contributed by atoms with Crippen LogP contribution in [0.1, 0.15) is 90.3 Å². The highest BCUT2D eigenvalue weighted by atomic mass is 14.6. The Morgan fingerprint density at radius 3 is 1.79 bits per heavy atom. The Kier molecular flexibility index (Phi) is 7.10. The minimum Gasteiger partial charge on any atom is -0.398 e. The highest BCUT2D eigenvalue weighted by Gasteiger charge is 2.40. The van der Waals surface area contributed by atoms with Crippen molar-refractivity contribution in [2.75, 3.05) is 0 Å². The van der Waals surface area contributed by atoms with Gasteiger partial charge in [0.15, 0.2) is 0 Å². The van der Waals surface area contributed by atoms with Crippen LogP contribution in [0.5, 0.6) is 0 Å². The Balaban J connectivity index is 1.36. The highest BCUT2D eigenvalue weighted by Crippen LogP contribution is 2.54. The molecule has 0 aromatic heterocycles. The molecule has 6 aromatic rings. The largest absolute Gasteiger partial charge is 0.398 e. The fourth-order valence-corrected chi connectivity index (χ4v) is 9.96. The van der Waals surface area contributed by atoms with Gasteiger partial charge in [-0.1, -0.05) is 153 Å². The van der Waals surface area contributed by atoms with Crippen molar-refractivity contribution in [1.82, 2.24) is 0 Å². The van der Waals surface area contributed by atoms with Crippen molar-refractivity contribution in [2.24, 2.45) is 5.73 Å². The summed E-state index contributed by atoms with van der Waals surface area (Å²) in [6.45, 7) is 16.4. The summed E-state index contributed by atoms with van der Waals surface area (Å²) in [5.74, 6) is 0. The predicted octanol–water partition coefficient (Wildman–Crippen LogP) is 10.7. The molecule has 3 aliphatic carbocycles. The monoisotopic (exact) mass is 671 g/mol. The first-order valence-corrected chi connectivity index (χ1v) is 18.8.